The quantitative estimate of drug-likeness (QED) is 0.706. The Morgan fingerprint density at radius 2 is 1.85 bits per heavy atom. The fraction of sp³-hybridized carbons (Fsp3) is 0.250. The summed E-state index contributed by atoms with van der Waals surface area (Å²) in [6.07, 6.45) is -0.618. The lowest BCUT2D eigenvalue weighted by Gasteiger charge is -2.21. The second kappa shape index (κ2) is 8.64. The van der Waals surface area contributed by atoms with E-state index in [-0.39, 0.29) is 12.5 Å². The molecule has 3 rings (SSSR count). The van der Waals surface area contributed by atoms with Gasteiger partial charge in [0.25, 0.3) is 0 Å². The third-order valence-electron chi connectivity index (χ3n) is 4.00. The van der Waals surface area contributed by atoms with Crippen LogP contribution < -0.4 is 5.32 Å². The van der Waals surface area contributed by atoms with Crippen LogP contribution in [0.1, 0.15) is 17.5 Å². The molecule has 1 N–H and O–H groups in total. The lowest BCUT2D eigenvalue weighted by Crippen LogP contribution is -2.45. The van der Waals surface area contributed by atoms with Gasteiger partial charge in [0.15, 0.2) is 0 Å². The van der Waals surface area contributed by atoms with Crippen molar-refractivity contribution in [1.29, 1.82) is 0 Å². The third-order valence-corrected chi connectivity index (χ3v) is 5.03. The molecular weight excluding hydrogens is 362 g/mol. The van der Waals surface area contributed by atoms with Crippen molar-refractivity contribution in [2.24, 2.45) is 0 Å². The molecule has 3 aromatic rings. The molecule has 1 atom stereocenters. The van der Waals surface area contributed by atoms with E-state index in [0.717, 1.165) is 20.8 Å². The molecule has 0 aliphatic carbocycles. The van der Waals surface area contributed by atoms with E-state index < -0.39 is 12.1 Å². The summed E-state index contributed by atoms with van der Waals surface area (Å²) in [6, 6.07) is 16.6. The van der Waals surface area contributed by atoms with Crippen LogP contribution in [0, 0.1) is 0 Å². The normalized spacial score (nSPS) is 11.8. The van der Waals surface area contributed by atoms with E-state index in [1.807, 2.05) is 54.6 Å². The maximum atomic E-state index is 12.5. The molecule has 0 aliphatic heterocycles. The molecule has 2 aromatic carbocycles. The number of aromatic nitrogens is 1. The van der Waals surface area contributed by atoms with Crippen molar-refractivity contribution in [2.45, 2.75) is 26.1 Å². The topological polar surface area (TPSA) is 71.5 Å². The summed E-state index contributed by atoms with van der Waals surface area (Å²) >= 11 is 1.56. The fourth-order valence-corrected chi connectivity index (χ4v) is 3.62. The third kappa shape index (κ3) is 5.04. The SMILES string of the molecule is C[C@@H](NC(=O)OCc1ccccc1)C(=O)N(C)Cc1nc2ccccc2s1. The maximum absolute atomic E-state index is 12.5. The van der Waals surface area contributed by atoms with Crippen molar-refractivity contribution in [3.63, 3.8) is 0 Å². The number of amides is 2. The molecule has 1 heterocycles. The molecule has 1 aromatic heterocycles. The first-order valence-corrected chi connectivity index (χ1v) is 9.41. The van der Waals surface area contributed by atoms with Gasteiger partial charge >= 0.3 is 6.09 Å². The van der Waals surface area contributed by atoms with Gasteiger partial charge in [-0.05, 0) is 24.6 Å². The summed E-state index contributed by atoms with van der Waals surface area (Å²) in [6.45, 7) is 2.19. The highest BCUT2D eigenvalue weighted by molar-refractivity contribution is 7.18. The minimum Gasteiger partial charge on any atom is -0.445 e. The molecule has 0 unspecified atom stereocenters. The van der Waals surface area contributed by atoms with E-state index in [4.69, 9.17) is 4.74 Å². The molecule has 0 fully saturated rings. The number of rotatable bonds is 6. The monoisotopic (exact) mass is 383 g/mol. The Bertz CT molecular complexity index is 893. The summed E-state index contributed by atoms with van der Waals surface area (Å²) in [5.41, 5.74) is 1.81. The van der Waals surface area contributed by atoms with Crippen molar-refractivity contribution < 1.29 is 14.3 Å². The highest BCUT2D eigenvalue weighted by Crippen LogP contribution is 2.22. The minimum atomic E-state index is -0.687. The van der Waals surface area contributed by atoms with Crippen molar-refractivity contribution in [1.82, 2.24) is 15.2 Å². The second-order valence-corrected chi connectivity index (χ2v) is 7.31. The van der Waals surface area contributed by atoms with Crippen LogP contribution >= 0.6 is 11.3 Å². The Morgan fingerprint density at radius 1 is 1.15 bits per heavy atom. The van der Waals surface area contributed by atoms with Gasteiger partial charge in [0.1, 0.15) is 17.7 Å². The molecule has 0 saturated carbocycles. The number of carbonyl (C=O) groups excluding carboxylic acids is 2. The number of ether oxygens (including phenoxy) is 1. The molecule has 0 saturated heterocycles. The van der Waals surface area contributed by atoms with Crippen molar-refractivity contribution in [3.8, 4) is 0 Å². The van der Waals surface area contributed by atoms with Gasteiger partial charge in [0.05, 0.1) is 16.8 Å². The first-order valence-electron chi connectivity index (χ1n) is 8.59. The zero-order valence-corrected chi connectivity index (χ0v) is 16.0. The summed E-state index contributed by atoms with van der Waals surface area (Å²) < 4.78 is 6.24. The molecule has 2 amide bonds. The van der Waals surface area contributed by atoms with Gasteiger partial charge in [-0.3, -0.25) is 4.79 Å². The van der Waals surface area contributed by atoms with E-state index in [0.29, 0.717) is 6.54 Å². The lowest BCUT2D eigenvalue weighted by molar-refractivity contribution is -0.132. The highest BCUT2D eigenvalue weighted by Gasteiger charge is 2.21. The van der Waals surface area contributed by atoms with Crippen LogP contribution in [0.25, 0.3) is 10.2 Å². The number of hydrogen-bond acceptors (Lipinski definition) is 5. The molecule has 0 radical (unpaired) electrons. The van der Waals surface area contributed by atoms with E-state index >= 15 is 0 Å². The summed E-state index contributed by atoms with van der Waals surface area (Å²) in [4.78, 5) is 30.5. The molecule has 140 valence electrons. The van der Waals surface area contributed by atoms with Crippen LogP contribution in [0.4, 0.5) is 4.79 Å². The summed E-state index contributed by atoms with van der Waals surface area (Å²) in [7, 11) is 1.70. The predicted octanol–water partition coefficient (Wildman–Crippen LogP) is 3.57. The molecule has 0 aliphatic rings. The zero-order chi connectivity index (χ0) is 19.2. The first-order chi connectivity index (χ1) is 13.0. The zero-order valence-electron chi connectivity index (χ0n) is 15.2. The van der Waals surface area contributed by atoms with Gasteiger partial charge in [0, 0.05) is 7.05 Å². The van der Waals surface area contributed by atoms with Crippen molar-refractivity contribution >= 4 is 33.6 Å². The highest BCUT2D eigenvalue weighted by atomic mass is 32.1. The number of likely N-dealkylation sites (N-methyl/N-ethyl adjacent to an activating group) is 1. The summed E-state index contributed by atoms with van der Waals surface area (Å²) in [5, 5.41) is 3.43. The van der Waals surface area contributed by atoms with Gasteiger partial charge in [-0.15, -0.1) is 11.3 Å². The smallest absolute Gasteiger partial charge is 0.408 e. The number of alkyl carbamates (subject to hydrolysis) is 1. The Labute approximate surface area is 161 Å². The number of hydrogen-bond donors (Lipinski definition) is 1. The van der Waals surface area contributed by atoms with Crippen LogP contribution in [0.5, 0.6) is 0 Å². The molecule has 0 spiro atoms. The fourth-order valence-electron chi connectivity index (χ4n) is 2.60. The Morgan fingerprint density at radius 3 is 2.59 bits per heavy atom. The molecular formula is C20H21N3O3S. The Balaban J connectivity index is 1.50. The largest absolute Gasteiger partial charge is 0.445 e. The van der Waals surface area contributed by atoms with Crippen LogP contribution in [0.2, 0.25) is 0 Å². The molecule has 27 heavy (non-hydrogen) atoms. The van der Waals surface area contributed by atoms with Crippen LogP contribution in [-0.2, 0) is 22.7 Å². The second-order valence-electron chi connectivity index (χ2n) is 6.20. The van der Waals surface area contributed by atoms with E-state index in [1.165, 1.54) is 0 Å². The standard InChI is InChI=1S/C20H21N3O3S/c1-14(21-20(25)26-13-15-8-4-3-5-9-15)19(24)23(2)12-18-22-16-10-6-7-11-17(16)27-18/h3-11,14H,12-13H2,1-2H3,(H,21,25)/t14-/m1/s1. The van der Waals surface area contributed by atoms with Crippen molar-refractivity contribution in [3.05, 3.63) is 65.2 Å². The first kappa shape index (κ1) is 18.8. The molecule has 6 nitrogen and oxygen atoms in total. The number of carbonyl (C=O) groups is 2. The average Bonchev–Trinajstić information content (AvgIpc) is 3.08. The molecule has 7 heteroatoms. The van der Waals surface area contributed by atoms with Gasteiger partial charge in [-0.25, -0.2) is 9.78 Å². The average molecular weight is 383 g/mol. The lowest BCUT2D eigenvalue weighted by atomic mass is 10.2. The Kier molecular flexibility index (Phi) is 6.03. The van der Waals surface area contributed by atoms with Crippen LogP contribution in [0.15, 0.2) is 54.6 Å². The number of nitrogens with one attached hydrogen (secondary N) is 1. The minimum absolute atomic E-state index is 0.162. The van der Waals surface area contributed by atoms with Crippen LogP contribution in [0.3, 0.4) is 0 Å². The molecule has 0 bridgehead atoms. The van der Waals surface area contributed by atoms with Crippen molar-refractivity contribution in [2.75, 3.05) is 7.05 Å². The number of thiazole rings is 1. The van der Waals surface area contributed by atoms with Crippen LogP contribution in [-0.4, -0.2) is 35.0 Å². The number of fused-ring (bicyclic) bond motifs is 1. The maximum Gasteiger partial charge on any atom is 0.408 e. The van der Waals surface area contributed by atoms with Gasteiger partial charge in [0.2, 0.25) is 5.91 Å². The van der Waals surface area contributed by atoms with E-state index in [2.05, 4.69) is 10.3 Å². The van der Waals surface area contributed by atoms with E-state index in [1.54, 1.807) is 30.2 Å². The number of benzene rings is 2. The van der Waals surface area contributed by atoms with E-state index in [9.17, 15) is 9.59 Å². The predicted molar refractivity (Wildman–Crippen MR) is 105 cm³/mol. The Hall–Kier alpha value is -2.93. The number of nitrogens with zero attached hydrogens (tertiary/aromatic N) is 2. The van der Waals surface area contributed by atoms with Gasteiger partial charge in [-0.1, -0.05) is 42.5 Å². The number of para-hydroxylation sites is 1. The van der Waals surface area contributed by atoms with Gasteiger partial charge < -0.3 is 15.0 Å². The summed E-state index contributed by atoms with van der Waals surface area (Å²) in [5.74, 6) is -0.203. The van der Waals surface area contributed by atoms with Gasteiger partial charge in [-0.2, -0.15) is 0 Å².